The van der Waals surface area contributed by atoms with E-state index in [0.29, 0.717) is 115 Å². The Morgan fingerprint density at radius 1 is 0.327 bits per heavy atom. The number of phenolic OH excluding ortho intramolecular Hbond substituents is 5. The maximum Gasteiger partial charge on any atom is 0.415 e. The molecule has 5 heterocycles. The Balaban J connectivity index is 0.000000144. The summed E-state index contributed by atoms with van der Waals surface area (Å²) < 4.78 is 98.2. The molecule has 5 fully saturated rings. The van der Waals surface area contributed by atoms with Gasteiger partial charge in [-0.1, -0.05) is 182 Å². The monoisotopic (exact) mass is 2070 g/mol. The first kappa shape index (κ1) is 107. The van der Waals surface area contributed by atoms with Crippen LogP contribution in [0.1, 0.15) is 156 Å². The lowest BCUT2D eigenvalue weighted by Crippen LogP contribution is -2.55. The van der Waals surface area contributed by atoms with Crippen LogP contribution in [0, 0.1) is 23.3 Å². The minimum absolute atomic E-state index is 0.0161. The van der Waals surface area contributed by atoms with Crippen molar-refractivity contribution in [3.05, 3.63) is 413 Å². The molecule has 15 N–H and O–H groups in total. The van der Waals surface area contributed by atoms with Gasteiger partial charge in [-0.2, -0.15) is 0 Å². The largest absolute Gasteiger partial charge is 0.508 e. The van der Waals surface area contributed by atoms with Crippen molar-refractivity contribution in [1.29, 1.82) is 0 Å². The number of anilines is 4. The quantitative estimate of drug-likeness (QED) is 0.0113. The van der Waals surface area contributed by atoms with Gasteiger partial charge in [0.1, 0.15) is 137 Å². The number of hydrogen-bond donors (Lipinski definition) is 15. The summed E-state index contributed by atoms with van der Waals surface area (Å²) in [5.74, 6) is -1.53. The fourth-order valence-electron chi connectivity index (χ4n) is 19.2. The number of methoxy groups -OCH3 is 1. The number of carbonyl (C=O) groups excluding carboxylic acids is 4. The molecule has 5 aliphatic rings. The van der Waals surface area contributed by atoms with Crippen LogP contribution < -0.4 is 29.6 Å². The molecule has 0 spiro atoms. The van der Waals surface area contributed by atoms with Crippen LogP contribution in [-0.2, 0) is 28.2 Å². The summed E-state index contributed by atoms with van der Waals surface area (Å²) in [5, 5.41) is 136. The number of para-hydroxylation sites is 4. The summed E-state index contributed by atoms with van der Waals surface area (Å²) in [6, 6.07) is 87.4. The summed E-state index contributed by atoms with van der Waals surface area (Å²) >= 11 is 0. The van der Waals surface area contributed by atoms with Gasteiger partial charge in [0.2, 0.25) is 0 Å². The third kappa shape index (κ3) is 25.0. The molecule has 5 unspecified atom stereocenters. The molecule has 30 nitrogen and oxygen atoms in total. The second-order valence-electron chi connectivity index (χ2n) is 36.5. The number of nitrogens with zero attached hydrogens (tertiary/aromatic N) is 4. The smallest absolute Gasteiger partial charge is 0.415 e. The highest BCUT2D eigenvalue weighted by atomic mass is 31.2. The highest BCUT2D eigenvalue weighted by Gasteiger charge is 2.51. The van der Waals surface area contributed by atoms with E-state index in [-0.39, 0.29) is 77.8 Å². The summed E-state index contributed by atoms with van der Waals surface area (Å²) in [4.78, 5) is 76.6. The van der Waals surface area contributed by atoms with E-state index in [0.717, 1.165) is 5.56 Å². The van der Waals surface area contributed by atoms with Crippen molar-refractivity contribution in [3.63, 3.8) is 0 Å². The maximum atomic E-state index is 13.4. The molecule has 0 bridgehead atoms. The number of amides is 4. The number of phenols is 5. The molecule has 35 heteroatoms. The molecule has 150 heavy (non-hydrogen) atoms. The summed E-state index contributed by atoms with van der Waals surface area (Å²) in [6.45, 7) is -0.528. The Morgan fingerprint density at radius 3 is 0.887 bits per heavy atom. The van der Waals surface area contributed by atoms with E-state index in [2.05, 4.69) is 0 Å². The standard InChI is InChI=1S/C36H36FNO9.C30H27FNO7P.C25H24FNO5.C24H22FNO5/c37-24-13-10-21(11-14-24)27(40)16-17-29-31(38(36(45)47-29)25-4-2-1-3-5-25)26-15-12-23(18-28(26)41)20-6-8-22(9-7-20)35-34(44)33(43)32(42)30(19-39)46-35;31-22-11-6-20(7-12-22)26(33)16-17-28-29(32(30(35)39-28)23-4-2-1-3-5-23)25-15-10-21(18-27(25)34)19-8-13-24(14-9-19)40(36,37)38;1-31-19-11-12-20(22(29)15-19)24-23(14-13-21(28)16-7-9-17(26)10-8-16)32-25(30)27(24)18-5-3-2-4-6-18;25-16-8-6-15(7-9-16)20(28)12-13-22-23(19-11-10-18(27)14-21(19)29)26(24(30)31-22)17-4-2-1-3-5-17/h1-15,18,27,29-35,39-44H,16-17,19H2;1-15,18,26,28-29,33-34H,16-17H2,(H2,36,37,38);2-12,15,21,23-24,28-29H,13-14H2,1H3;1-11,14,20,22-23,27-29H,12-13H2/t27?,29-,30-,31-,32-,33+,34-,35?;26?,28-,29-;21?,23-,24-;20?,22-,23-/m1111/s1. The van der Waals surface area contributed by atoms with Crippen molar-refractivity contribution in [3.8, 4) is 56.8 Å². The van der Waals surface area contributed by atoms with Gasteiger partial charge < -0.3 is 105 Å². The number of carbonyl (C=O) groups is 4. The Bertz CT molecular complexity index is 6990. The average molecular weight is 2070 g/mol. The lowest BCUT2D eigenvalue weighted by Gasteiger charge is -2.40. The van der Waals surface area contributed by atoms with Gasteiger partial charge in [-0.3, -0.25) is 24.2 Å². The van der Waals surface area contributed by atoms with Crippen molar-refractivity contribution in [2.24, 2.45) is 0 Å². The minimum Gasteiger partial charge on any atom is -0.508 e. The molecule has 0 aliphatic carbocycles. The number of hydrogen-bond acceptors (Lipinski definition) is 24. The van der Waals surface area contributed by atoms with Crippen molar-refractivity contribution >= 4 is 60.0 Å². The molecule has 19 rings (SSSR count). The number of ether oxygens (including phenoxy) is 6. The van der Waals surface area contributed by atoms with Crippen molar-refractivity contribution < 1.29 is 146 Å². The summed E-state index contributed by atoms with van der Waals surface area (Å²) in [6.07, 6.45) is -12.7. The molecule has 0 aromatic heterocycles. The molecular formula is C115H109F4N4O26P. The van der Waals surface area contributed by atoms with E-state index in [9.17, 15) is 117 Å². The molecule has 778 valence electrons. The van der Waals surface area contributed by atoms with Gasteiger partial charge in [0.25, 0.3) is 0 Å². The maximum absolute atomic E-state index is 13.4. The van der Waals surface area contributed by atoms with Gasteiger partial charge in [0.15, 0.2) is 0 Å². The molecule has 0 saturated carbocycles. The number of aliphatic hydroxyl groups excluding tert-OH is 8. The predicted octanol–water partition coefficient (Wildman–Crippen LogP) is 19.8. The number of benzene rings is 14. The Morgan fingerprint density at radius 2 is 0.607 bits per heavy atom. The Kier molecular flexibility index (Phi) is 34.4. The molecule has 14 aromatic rings. The number of aliphatic hydroxyl groups is 8. The number of aromatic hydroxyl groups is 5. The normalized spacial score (nSPS) is 21.2. The zero-order valence-electron chi connectivity index (χ0n) is 80.5. The van der Waals surface area contributed by atoms with Crippen LogP contribution in [0.2, 0.25) is 0 Å². The van der Waals surface area contributed by atoms with Crippen LogP contribution in [-0.4, -0.2) is 163 Å². The first-order valence-electron chi connectivity index (χ1n) is 48.2. The zero-order valence-corrected chi connectivity index (χ0v) is 81.4. The van der Waals surface area contributed by atoms with Crippen LogP contribution in [0.15, 0.2) is 340 Å². The van der Waals surface area contributed by atoms with Crippen LogP contribution in [0.4, 0.5) is 59.5 Å². The SMILES string of the molecule is COc1ccc([C@@H]2[C@@H](CCC(O)c3ccc(F)cc3)OC(=O)N2c2ccccc2)c(O)c1.O=C1O[C@H](CCC(O)c2ccc(F)cc2)[C@@H](c2ccc(-c3ccc(C4O[C@H](CO)[C@@H](O)[C@H](O)[C@H]4O)cc3)cc2O)N1c1ccccc1.O=C1O[C@H](CCC(O)c2ccc(F)cc2)[C@@H](c2ccc(-c3ccc(P(=O)(O)O)cc3)cc2O)N1c1ccccc1.O=C1O[C@H](CCC(O)c2ccc(F)cc2)[C@@H](c2ccc(O)cc2O)N1c1ccccc1. The van der Waals surface area contributed by atoms with E-state index in [1.165, 1.54) is 160 Å². The van der Waals surface area contributed by atoms with E-state index >= 15 is 0 Å². The first-order chi connectivity index (χ1) is 72.2. The van der Waals surface area contributed by atoms with Crippen molar-refractivity contribution in [2.75, 3.05) is 33.3 Å². The predicted molar refractivity (Wildman–Crippen MR) is 546 cm³/mol. The van der Waals surface area contributed by atoms with E-state index in [1.54, 1.807) is 170 Å². The molecule has 14 aromatic carbocycles. The third-order valence-corrected chi connectivity index (χ3v) is 27.9. The van der Waals surface area contributed by atoms with Crippen LogP contribution in [0.25, 0.3) is 22.3 Å². The lowest BCUT2D eigenvalue weighted by atomic mass is 9.90. The van der Waals surface area contributed by atoms with Crippen LogP contribution >= 0.6 is 7.60 Å². The number of halogens is 4. The van der Waals surface area contributed by atoms with Crippen molar-refractivity contribution in [1.82, 2.24) is 0 Å². The van der Waals surface area contributed by atoms with Gasteiger partial charge >= 0.3 is 32.0 Å². The molecule has 5 aliphatic heterocycles. The zero-order chi connectivity index (χ0) is 106. The molecule has 4 amide bonds. The van der Waals surface area contributed by atoms with E-state index in [4.69, 9.17) is 28.4 Å². The second kappa shape index (κ2) is 48.2. The highest BCUT2D eigenvalue weighted by molar-refractivity contribution is 7.60. The van der Waals surface area contributed by atoms with Crippen LogP contribution in [0.5, 0.6) is 34.5 Å². The fraction of sp³-hybridized carbons (Fsp3) is 0.235. The highest BCUT2D eigenvalue weighted by Crippen LogP contribution is 2.51. The van der Waals surface area contributed by atoms with Gasteiger partial charge in [-0.05, 0) is 247 Å². The second-order valence-corrected chi connectivity index (χ2v) is 38.2. The van der Waals surface area contributed by atoms with E-state index in [1.807, 2.05) is 36.4 Å². The average Bonchev–Trinajstić information content (AvgIpc) is 1.62. The van der Waals surface area contributed by atoms with Gasteiger partial charge in [-0.25, -0.2) is 36.7 Å². The molecule has 17 atom stereocenters. The van der Waals surface area contributed by atoms with Gasteiger partial charge in [-0.15, -0.1) is 0 Å². The molecular weight excluding hydrogens is 1960 g/mol. The molecule has 0 radical (unpaired) electrons. The fourth-order valence-corrected chi connectivity index (χ4v) is 19.7. The first-order valence-corrected chi connectivity index (χ1v) is 49.9. The van der Waals surface area contributed by atoms with Crippen molar-refractivity contribution in [2.45, 2.75) is 155 Å². The summed E-state index contributed by atoms with van der Waals surface area (Å²) in [5.41, 5.74) is 9.60. The van der Waals surface area contributed by atoms with Crippen LogP contribution in [0.3, 0.4) is 0 Å². The Labute approximate surface area is 859 Å². The number of rotatable bonds is 30. The summed E-state index contributed by atoms with van der Waals surface area (Å²) in [7, 11) is -2.87. The topological polar surface area (TPSA) is 457 Å². The lowest BCUT2D eigenvalue weighted by molar-refractivity contribution is -0.231. The molecule has 5 saturated heterocycles. The van der Waals surface area contributed by atoms with E-state index < -0.39 is 154 Å². The third-order valence-electron chi connectivity index (χ3n) is 27.0. The van der Waals surface area contributed by atoms with Gasteiger partial charge in [0.05, 0.1) is 43.4 Å². The number of cyclic esters (lactones) is 4. The Hall–Kier alpha value is -15.5. The van der Waals surface area contributed by atoms with Gasteiger partial charge in [0, 0.05) is 57.1 Å². The minimum atomic E-state index is -4.38.